The van der Waals surface area contributed by atoms with Crippen molar-refractivity contribution in [3.05, 3.63) is 81.2 Å². The molecular formula is C53H62O3S6. The highest BCUT2D eigenvalue weighted by Gasteiger charge is 2.34. The van der Waals surface area contributed by atoms with Gasteiger partial charge < -0.3 is 4.74 Å². The molecule has 9 heteroatoms. The van der Waals surface area contributed by atoms with Crippen LogP contribution in [0.5, 0.6) is 5.06 Å². The van der Waals surface area contributed by atoms with Crippen LogP contribution >= 0.6 is 68.0 Å². The van der Waals surface area contributed by atoms with E-state index in [4.69, 9.17) is 4.74 Å². The Bertz CT molecular complexity index is 2860. The number of hydrogen-bond donors (Lipinski definition) is 0. The molecule has 7 aromatic rings. The molecule has 0 aliphatic heterocycles. The highest BCUT2D eigenvalue weighted by molar-refractivity contribution is 7.30. The van der Waals surface area contributed by atoms with Gasteiger partial charge in [-0.3, -0.25) is 9.59 Å². The molecule has 0 N–H and O–H groups in total. The van der Waals surface area contributed by atoms with E-state index in [1.807, 2.05) is 22.7 Å². The minimum Gasteiger partial charge on any atom is -0.484 e. The lowest BCUT2D eigenvalue weighted by atomic mass is 10.0. The first-order chi connectivity index (χ1) is 30.1. The molecule has 8 rings (SSSR count). The minimum atomic E-state index is 0.131. The lowest BCUT2D eigenvalue weighted by Gasteiger charge is -2.05. The first kappa shape index (κ1) is 45.6. The molecule has 3 nitrogen and oxygen atoms in total. The molecule has 0 unspecified atom stereocenters. The van der Waals surface area contributed by atoms with E-state index in [1.165, 1.54) is 133 Å². The van der Waals surface area contributed by atoms with E-state index in [0.717, 1.165) is 83.0 Å². The van der Waals surface area contributed by atoms with Crippen molar-refractivity contribution in [2.24, 2.45) is 0 Å². The normalized spacial score (nSPS) is 13.0. The van der Waals surface area contributed by atoms with Crippen LogP contribution in [0.3, 0.4) is 0 Å². The summed E-state index contributed by atoms with van der Waals surface area (Å²) in [5, 5.41) is 6.74. The zero-order valence-corrected chi connectivity index (χ0v) is 42.7. The summed E-state index contributed by atoms with van der Waals surface area (Å²) in [6, 6.07) is 11.2. The number of hydrogen-bond acceptors (Lipinski definition) is 9. The average molecular weight is 939 g/mol. The first-order valence-corrected chi connectivity index (χ1v) is 28.2. The minimum absolute atomic E-state index is 0.131. The van der Waals surface area contributed by atoms with Crippen molar-refractivity contribution in [3.8, 4) is 14.8 Å². The number of benzene rings is 1. The van der Waals surface area contributed by atoms with Crippen molar-refractivity contribution < 1.29 is 14.3 Å². The molecule has 0 amide bonds. The quantitative estimate of drug-likeness (QED) is 0.0474. The van der Waals surface area contributed by atoms with Gasteiger partial charge in [-0.25, -0.2) is 0 Å². The van der Waals surface area contributed by atoms with Crippen LogP contribution in [0.2, 0.25) is 0 Å². The maximum Gasteiger partial charge on any atom is 0.197 e. The van der Waals surface area contributed by atoms with Crippen LogP contribution in [-0.4, -0.2) is 18.2 Å². The van der Waals surface area contributed by atoms with Gasteiger partial charge in [0.1, 0.15) is 0 Å². The molecule has 1 aliphatic carbocycles. The largest absolute Gasteiger partial charge is 0.484 e. The summed E-state index contributed by atoms with van der Waals surface area (Å²) in [6.45, 7) is 16.0. The third-order valence-corrected chi connectivity index (χ3v) is 19.7. The lowest BCUT2D eigenvalue weighted by molar-refractivity contribution is -0.108. The molecule has 0 atom stereocenters. The van der Waals surface area contributed by atoms with Gasteiger partial charge in [0.25, 0.3) is 0 Å². The van der Waals surface area contributed by atoms with Crippen LogP contribution in [0, 0.1) is 34.6 Å². The molecule has 0 radical (unpaired) electrons. The Balaban J connectivity index is 1.10. The zero-order chi connectivity index (χ0) is 43.5. The maximum atomic E-state index is 15.4. The van der Waals surface area contributed by atoms with Gasteiger partial charge in [-0.05, 0) is 82.9 Å². The van der Waals surface area contributed by atoms with Crippen LogP contribution in [-0.2, 0) is 4.79 Å². The Labute approximate surface area is 392 Å². The number of ketones is 2. The Morgan fingerprint density at radius 1 is 0.516 bits per heavy atom. The van der Waals surface area contributed by atoms with Gasteiger partial charge in [0.15, 0.2) is 16.6 Å². The zero-order valence-electron chi connectivity index (χ0n) is 37.8. The number of rotatable bonds is 23. The molecule has 328 valence electrons. The number of carbonyl (C=O) groups is 2. The molecular weight excluding hydrogens is 877 g/mol. The fourth-order valence-corrected chi connectivity index (χ4v) is 16.4. The number of ether oxygens (including phenoxy) is 1. The Kier molecular flexibility index (Phi) is 15.1. The molecule has 0 spiro atoms. The summed E-state index contributed by atoms with van der Waals surface area (Å²) >= 11 is 10.5. The fourth-order valence-electron chi connectivity index (χ4n) is 9.25. The second kappa shape index (κ2) is 20.5. The molecule has 6 aromatic heterocycles. The second-order valence-corrected chi connectivity index (χ2v) is 24.4. The van der Waals surface area contributed by atoms with E-state index < -0.39 is 0 Å². The summed E-state index contributed by atoms with van der Waals surface area (Å²) in [6.07, 6.45) is 21.3. The van der Waals surface area contributed by atoms with E-state index in [-0.39, 0.29) is 11.6 Å². The predicted molar refractivity (Wildman–Crippen MR) is 277 cm³/mol. The second-order valence-electron chi connectivity index (χ2n) is 17.5. The van der Waals surface area contributed by atoms with Crippen molar-refractivity contribution >= 4 is 121 Å². The molecule has 0 saturated carbocycles. The standard InChI is InChI=1S/C53H62O3S6/c1-8-10-12-13-14-15-16-17-18-19-20-21-22-23-25-56-42-30-38-37-28-34(6)58-50(37)43-44(51(38)62-42)46(47(55)45(43)48-31(3)26-33(5)57-48)49-32(4)27-41(61-49)53-52-36(35(7)59-53)29-40(60-52)39(54)24-11-9-2/h26-30H,8-25H2,1-7H3. The number of thiophene rings is 6. The number of unbranched alkanes of at least 4 members (excludes halogenated alkanes) is 14. The molecule has 1 aromatic carbocycles. The van der Waals surface area contributed by atoms with Crippen LogP contribution in [0.4, 0.5) is 0 Å². The van der Waals surface area contributed by atoms with E-state index in [1.54, 1.807) is 45.3 Å². The summed E-state index contributed by atoms with van der Waals surface area (Å²) in [7, 11) is 0. The molecule has 1 aliphatic rings. The first-order valence-electron chi connectivity index (χ1n) is 23.3. The topological polar surface area (TPSA) is 43.4 Å². The SMILES string of the molecule is CCCCCCCCCCCCCCCCOc1cc2c(s1)c1c(c3sc(C)cc32)=C(c2sc(C)cc2C)C(=O)C=1c1sc(-c2sc(C)c3cc(C(=O)CCCC)sc23)cc1C. The highest BCUT2D eigenvalue weighted by atomic mass is 32.1. The molecule has 0 saturated heterocycles. The number of carbonyl (C=O) groups excluding carboxylic acids is 2. The van der Waals surface area contributed by atoms with Crippen molar-refractivity contribution in [2.75, 3.05) is 6.61 Å². The number of fused-ring (bicyclic) bond motifs is 7. The third-order valence-electron chi connectivity index (χ3n) is 12.5. The third kappa shape index (κ3) is 9.42. The maximum absolute atomic E-state index is 15.4. The van der Waals surface area contributed by atoms with Crippen LogP contribution in [0.15, 0.2) is 30.3 Å². The van der Waals surface area contributed by atoms with Crippen LogP contribution in [0.25, 0.3) is 51.2 Å². The van der Waals surface area contributed by atoms with Crippen molar-refractivity contribution in [2.45, 2.75) is 158 Å². The van der Waals surface area contributed by atoms with Crippen LogP contribution in [0.1, 0.15) is 168 Å². The summed E-state index contributed by atoms with van der Waals surface area (Å²) in [5.41, 5.74) is 3.97. The van der Waals surface area contributed by atoms with E-state index in [9.17, 15) is 4.79 Å². The van der Waals surface area contributed by atoms with Gasteiger partial charge in [-0.1, -0.05) is 115 Å². The Morgan fingerprint density at radius 2 is 1.08 bits per heavy atom. The van der Waals surface area contributed by atoms with Gasteiger partial charge in [-0.2, -0.15) is 0 Å². The van der Waals surface area contributed by atoms with Gasteiger partial charge >= 0.3 is 0 Å². The summed E-state index contributed by atoms with van der Waals surface area (Å²) < 4.78 is 10.1. The fraction of sp³-hybridized carbons (Fsp3) is 0.472. The van der Waals surface area contributed by atoms with Crippen molar-refractivity contribution in [1.29, 1.82) is 0 Å². The van der Waals surface area contributed by atoms with Crippen molar-refractivity contribution in [3.63, 3.8) is 0 Å². The monoisotopic (exact) mass is 938 g/mol. The number of aryl methyl sites for hydroxylation is 5. The Morgan fingerprint density at radius 3 is 1.71 bits per heavy atom. The van der Waals surface area contributed by atoms with Gasteiger partial charge in [-0.15, -0.1) is 56.7 Å². The van der Waals surface area contributed by atoms with E-state index >= 15 is 4.79 Å². The number of Topliss-reactive ketones (excluding diaryl/α,β-unsaturated/α-hetero) is 2. The average Bonchev–Trinajstić information content (AvgIpc) is 4.12. The van der Waals surface area contributed by atoms with Crippen molar-refractivity contribution in [1.82, 2.24) is 0 Å². The summed E-state index contributed by atoms with van der Waals surface area (Å²) in [5.74, 6) is 0.377. The summed E-state index contributed by atoms with van der Waals surface area (Å²) in [4.78, 5) is 37.6. The molecule has 6 heterocycles. The highest BCUT2D eigenvalue weighted by Crippen LogP contribution is 2.48. The predicted octanol–water partition coefficient (Wildman–Crippen LogP) is 16.9. The van der Waals surface area contributed by atoms with Gasteiger partial charge in [0.05, 0.1) is 21.1 Å². The van der Waals surface area contributed by atoms with Gasteiger partial charge in [0.2, 0.25) is 0 Å². The molecule has 62 heavy (non-hydrogen) atoms. The Hall–Kier alpha value is -2.92. The van der Waals surface area contributed by atoms with E-state index in [0.29, 0.717) is 6.42 Å². The van der Waals surface area contributed by atoms with Crippen LogP contribution < -0.4 is 15.2 Å². The smallest absolute Gasteiger partial charge is 0.197 e. The molecule has 0 bridgehead atoms. The van der Waals surface area contributed by atoms with E-state index in [2.05, 4.69) is 78.8 Å². The lowest BCUT2D eigenvalue weighted by Crippen LogP contribution is -2.25. The van der Waals surface area contributed by atoms with Gasteiger partial charge in [0, 0.05) is 88.9 Å². The molecule has 0 fully saturated rings.